The molecular formula is C27H19Cl2FN4O2S2. The third-order valence-electron chi connectivity index (χ3n) is 6.03. The quantitative estimate of drug-likeness (QED) is 0.190. The zero-order valence-corrected chi connectivity index (χ0v) is 22.9. The summed E-state index contributed by atoms with van der Waals surface area (Å²) in [4.78, 5) is 26.1. The van der Waals surface area contributed by atoms with E-state index in [1.807, 2.05) is 35.8 Å². The van der Waals surface area contributed by atoms with Crippen LogP contribution in [0.5, 0.6) is 0 Å². The lowest BCUT2D eigenvalue weighted by Gasteiger charge is -2.16. The Balaban J connectivity index is 1.41. The molecule has 0 bridgehead atoms. The van der Waals surface area contributed by atoms with E-state index in [0.717, 1.165) is 38.9 Å². The van der Waals surface area contributed by atoms with Gasteiger partial charge in [-0.05, 0) is 55.5 Å². The fourth-order valence-electron chi connectivity index (χ4n) is 4.17. The maximum Gasteiger partial charge on any atom is 0.338 e. The summed E-state index contributed by atoms with van der Waals surface area (Å²) in [6, 6.07) is 18.3. The first-order chi connectivity index (χ1) is 18.2. The summed E-state index contributed by atoms with van der Waals surface area (Å²) < 4.78 is 16.6. The molecule has 3 aromatic carbocycles. The Hall–Kier alpha value is -3.37. The van der Waals surface area contributed by atoms with Gasteiger partial charge in [0.15, 0.2) is 4.32 Å². The van der Waals surface area contributed by atoms with Crippen LogP contribution in [0.2, 0.25) is 10.0 Å². The minimum absolute atomic E-state index is 0.179. The molecule has 6 nitrogen and oxygen atoms in total. The van der Waals surface area contributed by atoms with Crippen molar-refractivity contribution >= 4 is 86.1 Å². The molecule has 5 rings (SSSR count). The number of aromatic nitrogens is 1. The largest absolute Gasteiger partial charge is 0.340 e. The second kappa shape index (κ2) is 10.8. The average Bonchev–Trinajstić information content (AvgIpc) is 3.30. The van der Waals surface area contributed by atoms with Crippen molar-refractivity contribution in [3.05, 3.63) is 104 Å². The number of nitrogens with zero attached hydrogens (tertiary/aromatic N) is 2. The number of hydrazine groups is 1. The lowest BCUT2D eigenvalue weighted by atomic mass is 10.1. The van der Waals surface area contributed by atoms with E-state index < -0.39 is 11.9 Å². The number of carbonyl (C=O) groups excluding carboxylic acids is 2. The minimum Gasteiger partial charge on any atom is -0.340 e. The molecule has 2 N–H and O–H groups in total. The van der Waals surface area contributed by atoms with Gasteiger partial charge in [-0.1, -0.05) is 71.4 Å². The normalized spacial score (nSPS) is 14.5. The van der Waals surface area contributed by atoms with E-state index in [1.165, 1.54) is 12.1 Å². The highest BCUT2D eigenvalue weighted by Gasteiger charge is 2.34. The van der Waals surface area contributed by atoms with Crippen molar-refractivity contribution in [1.29, 1.82) is 0 Å². The molecular weight excluding hydrogens is 566 g/mol. The Morgan fingerprint density at radius 3 is 2.58 bits per heavy atom. The molecule has 1 aliphatic rings. The first kappa shape index (κ1) is 26.2. The van der Waals surface area contributed by atoms with E-state index in [4.69, 9.17) is 35.4 Å². The molecule has 3 amide bonds. The first-order valence-electron chi connectivity index (χ1n) is 11.3. The van der Waals surface area contributed by atoms with Crippen LogP contribution in [-0.4, -0.2) is 25.8 Å². The van der Waals surface area contributed by atoms with Gasteiger partial charge in [-0.3, -0.25) is 4.79 Å². The number of thioether (sulfide) groups is 1. The fourth-order valence-corrected chi connectivity index (χ4v) is 5.63. The molecule has 0 aliphatic carbocycles. The first-order valence-corrected chi connectivity index (χ1v) is 13.3. The summed E-state index contributed by atoms with van der Waals surface area (Å²) in [6.45, 7) is 2.26. The number of carbonyl (C=O) groups is 2. The van der Waals surface area contributed by atoms with Crippen molar-refractivity contribution in [1.82, 2.24) is 15.0 Å². The van der Waals surface area contributed by atoms with Crippen LogP contribution in [0.15, 0.2) is 71.6 Å². The SMILES string of the molecule is Cc1c(/C=C2\SC(=S)N(NC(=O)Nc3ccc(Cl)c(Cl)c3)C2=O)c2ccccc2n1Cc1ccccc1F. The minimum atomic E-state index is -0.668. The number of halogens is 3. The van der Waals surface area contributed by atoms with Crippen molar-refractivity contribution < 1.29 is 14.0 Å². The predicted octanol–water partition coefficient (Wildman–Crippen LogP) is 7.38. The van der Waals surface area contributed by atoms with Crippen LogP contribution in [0, 0.1) is 12.7 Å². The summed E-state index contributed by atoms with van der Waals surface area (Å²) >= 11 is 18.4. The number of urea groups is 1. The molecule has 0 saturated carbocycles. The molecule has 0 spiro atoms. The van der Waals surface area contributed by atoms with Gasteiger partial charge in [0.2, 0.25) is 0 Å². The van der Waals surface area contributed by atoms with Crippen LogP contribution in [0.25, 0.3) is 17.0 Å². The number of benzene rings is 3. The van der Waals surface area contributed by atoms with Crippen LogP contribution in [0.3, 0.4) is 0 Å². The monoisotopic (exact) mass is 584 g/mol. The van der Waals surface area contributed by atoms with Gasteiger partial charge in [0.25, 0.3) is 5.91 Å². The van der Waals surface area contributed by atoms with Crippen molar-refractivity contribution in [3.63, 3.8) is 0 Å². The van der Waals surface area contributed by atoms with E-state index in [9.17, 15) is 14.0 Å². The molecule has 4 aromatic rings. The third-order valence-corrected chi connectivity index (χ3v) is 8.07. The van der Waals surface area contributed by atoms with Gasteiger partial charge < -0.3 is 9.88 Å². The number of hydrogen-bond acceptors (Lipinski definition) is 4. The molecule has 1 aromatic heterocycles. The molecule has 0 radical (unpaired) electrons. The molecule has 0 unspecified atom stereocenters. The Kier molecular flexibility index (Phi) is 7.45. The zero-order valence-electron chi connectivity index (χ0n) is 19.8. The van der Waals surface area contributed by atoms with Crippen LogP contribution < -0.4 is 10.7 Å². The van der Waals surface area contributed by atoms with Crippen molar-refractivity contribution in [3.8, 4) is 0 Å². The standard InChI is InChI=1S/C27H19Cl2FN4O2S2/c1-15-19(18-7-3-5-9-23(18)33(15)14-16-6-2-4-8-22(16)30)13-24-25(35)34(27(37)38-24)32-26(36)31-17-10-11-20(28)21(29)12-17/h2-13H,14H2,1H3,(H2,31,32,36)/b24-13-. The summed E-state index contributed by atoms with van der Waals surface area (Å²) in [5.41, 5.74) is 6.04. The van der Waals surface area contributed by atoms with Gasteiger partial charge in [-0.15, -0.1) is 0 Å². The molecule has 1 saturated heterocycles. The van der Waals surface area contributed by atoms with E-state index in [2.05, 4.69) is 10.7 Å². The van der Waals surface area contributed by atoms with Crippen LogP contribution in [0.4, 0.5) is 14.9 Å². The van der Waals surface area contributed by atoms with Gasteiger partial charge in [0.1, 0.15) is 5.82 Å². The predicted molar refractivity (Wildman–Crippen MR) is 156 cm³/mol. The van der Waals surface area contributed by atoms with E-state index in [0.29, 0.717) is 27.7 Å². The zero-order chi connectivity index (χ0) is 27.0. The highest BCUT2D eigenvalue weighted by atomic mass is 35.5. The van der Waals surface area contributed by atoms with E-state index in [-0.39, 0.29) is 15.2 Å². The summed E-state index contributed by atoms with van der Waals surface area (Å²) in [5.74, 6) is -0.744. The molecule has 1 aliphatic heterocycles. The molecule has 192 valence electrons. The smallest absolute Gasteiger partial charge is 0.338 e. The summed E-state index contributed by atoms with van der Waals surface area (Å²) in [6.07, 6.45) is 1.76. The lowest BCUT2D eigenvalue weighted by Crippen LogP contribution is -2.46. The number of thiocarbonyl (C=S) groups is 1. The number of anilines is 1. The number of rotatable bonds is 5. The van der Waals surface area contributed by atoms with Gasteiger partial charge >= 0.3 is 6.03 Å². The Labute approximate surface area is 237 Å². The highest BCUT2D eigenvalue weighted by Crippen LogP contribution is 2.35. The van der Waals surface area contributed by atoms with Gasteiger partial charge in [0, 0.05) is 33.4 Å². The Morgan fingerprint density at radius 1 is 1.08 bits per heavy atom. The van der Waals surface area contributed by atoms with Crippen LogP contribution in [0.1, 0.15) is 16.8 Å². The molecule has 38 heavy (non-hydrogen) atoms. The second-order valence-corrected chi connectivity index (χ2v) is 10.9. The number of nitrogens with one attached hydrogen (secondary N) is 2. The molecule has 1 fully saturated rings. The van der Waals surface area contributed by atoms with Crippen LogP contribution in [-0.2, 0) is 11.3 Å². The second-order valence-electron chi connectivity index (χ2n) is 8.41. The number of amides is 3. The average molecular weight is 586 g/mol. The maximum atomic E-state index is 14.4. The van der Waals surface area contributed by atoms with Crippen molar-refractivity contribution in [2.24, 2.45) is 0 Å². The molecule has 0 atom stereocenters. The third kappa shape index (κ3) is 5.15. The van der Waals surface area contributed by atoms with Crippen molar-refractivity contribution in [2.75, 3.05) is 5.32 Å². The Bertz CT molecular complexity index is 1650. The molecule has 11 heteroatoms. The van der Waals surface area contributed by atoms with Gasteiger partial charge in [0.05, 0.1) is 21.5 Å². The highest BCUT2D eigenvalue weighted by molar-refractivity contribution is 8.26. The van der Waals surface area contributed by atoms with Crippen LogP contribution >= 0.6 is 47.2 Å². The number of fused-ring (bicyclic) bond motifs is 1. The van der Waals surface area contributed by atoms with Gasteiger partial charge in [-0.25, -0.2) is 14.6 Å². The number of hydrogen-bond donors (Lipinski definition) is 2. The fraction of sp³-hybridized carbons (Fsp3) is 0.0741. The number of para-hydroxylation sites is 1. The topological polar surface area (TPSA) is 66.4 Å². The molecule has 2 heterocycles. The van der Waals surface area contributed by atoms with Gasteiger partial charge in [-0.2, -0.15) is 5.01 Å². The van der Waals surface area contributed by atoms with E-state index >= 15 is 0 Å². The Morgan fingerprint density at radius 2 is 1.82 bits per heavy atom. The maximum absolute atomic E-state index is 14.4. The lowest BCUT2D eigenvalue weighted by molar-refractivity contribution is -0.123. The summed E-state index contributed by atoms with van der Waals surface area (Å²) in [7, 11) is 0. The van der Waals surface area contributed by atoms with E-state index in [1.54, 1.807) is 36.4 Å². The van der Waals surface area contributed by atoms with Crippen molar-refractivity contribution in [2.45, 2.75) is 13.5 Å². The summed E-state index contributed by atoms with van der Waals surface area (Å²) in [5, 5.41) is 5.16.